The van der Waals surface area contributed by atoms with Gasteiger partial charge in [0.1, 0.15) is 5.65 Å². The maximum atomic E-state index is 12.9. The van der Waals surface area contributed by atoms with Crippen molar-refractivity contribution in [2.45, 2.75) is 0 Å². The van der Waals surface area contributed by atoms with Gasteiger partial charge >= 0.3 is 0 Å². The molecule has 0 saturated heterocycles. The van der Waals surface area contributed by atoms with Crippen LogP contribution in [0.25, 0.3) is 21.9 Å². The number of carbonyl (C=O) groups is 2. The number of amides is 2. The van der Waals surface area contributed by atoms with Gasteiger partial charge in [-0.15, -0.1) is 0 Å². The van der Waals surface area contributed by atoms with Crippen molar-refractivity contribution in [1.29, 1.82) is 0 Å². The first-order chi connectivity index (χ1) is 12.1. The summed E-state index contributed by atoms with van der Waals surface area (Å²) in [5.41, 5.74) is 2.42. The number of aryl methyl sites for hydroxylation is 1. The molecule has 2 aromatic heterocycles. The molecule has 2 amide bonds. The molecule has 0 bridgehead atoms. The zero-order chi connectivity index (χ0) is 17.6. The third-order valence-electron chi connectivity index (χ3n) is 4.64. The van der Waals surface area contributed by atoms with Gasteiger partial charge in [0.15, 0.2) is 0 Å². The molecule has 2 N–H and O–H groups in total. The van der Waals surface area contributed by atoms with E-state index in [0.717, 1.165) is 21.9 Å². The lowest BCUT2D eigenvalue weighted by atomic mass is 10.0. The lowest BCUT2D eigenvalue weighted by Gasteiger charge is -2.13. The quantitative estimate of drug-likeness (QED) is 0.533. The van der Waals surface area contributed by atoms with E-state index in [1.54, 1.807) is 12.3 Å². The molecule has 25 heavy (non-hydrogen) atoms. The average Bonchev–Trinajstić information content (AvgIpc) is 3.06. The average molecular weight is 338 g/mol. The predicted molar refractivity (Wildman–Crippen MR) is 93.5 cm³/mol. The maximum absolute atomic E-state index is 12.9. The fraction of sp³-hybridized carbons (Fsp3) is 0.278. The fourth-order valence-electron chi connectivity index (χ4n) is 3.50. The lowest BCUT2D eigenvalue weighted by Crippen LogP contribution is -2.37. The van der Waals surface area contributed by atoms with Crippen molar-refractivity contribution in [3.63, 3.8) is 0 Å². The first kappa shape index (κ1) is 15.7. The van der Waals surface area contributed by atoms with Gasteiger partial charge in [0, 0.05) is 43.7 Å². The van der Waals surface area contributed by atoms with E-state index < -0.39 is 0 Å². The van der Waals surface area contributed by atoms with Crippen molar-refractivity contribution in [1.82, 2.24) is 19.8 Å². The predicted octanol–water partition coefficient (Wildman–Crippen LogP) is 0.904. The first-order valence-corrected chi connectivity index (χ1v) is 8.19. The van der Waals surface area contributed by atoms with Gasteiger partial charge in [0.25, 0.3) is 11.8 Å². The van der Waals surface area contributed by atoms with Crippen molar-refractivity contribution in [2.75, 3.05) is 26.2 Å². The van der Waals surface area contributed by atoms with Crippen LogP contribution in [0.15, 0.2) is 30.5 Å². The molecule has 0 saturated carbocycles. The molecule has 1 aliphatic rings. The number of aromatic nitrogens is 2. The number of nitrogens with zero attached hydrogens (tertiary/aromatic N) is 3. The Morgan fingerprint density at radius 3 is 2.76 bits per heavy atom. The van der Waals surface area contributed by atoms with Crippen LogP contribution < -0.4 is 5.32 Å². The maximum Gasteiger partial charge on any atom is 0.263 e. The Labute approximate surface area is 143 Å². The molecule has 1 aliphatic heterocycles. The van der Waals surface area contributed by atoms with E-state index in [4.69, 9.17) is 5.11 Å². The Balaban J connectivity index is 1.82. The van der Waals surface area contributed by atoms with E-state index in [2.05, 4.69) is 10.3 Å². The van der Waals surface area contributed by atoms with E-state index in [1.165, 1.54) is 4.90 Å². The lowest BCUT2D eigenvalue weighted by molar-refractivity contribution is 0.0656. The van der Waals surface area contributed by atoms with Gasteiger partial charge < -0.3 is 15.0 Å². The van der Waals surface area contributed by atoms with E-state index in [9.17, 15) is 9.59 Å². The van der Waals surface area contributed by atoms with E-state index in [1.807, 2.05) is 29.8 Å². The monoisotopic (exact) mass is 338 g/mol. The second-order valence-corrected chi connectivity index (χ2v) is 6.05. The van der Waals surface area contributed by atoms with Crippen molar-refractivity contribution in [2.24, 2.45) is 7.05 Å². The van der Waals surface area contributed by atoms with Crippen LogP contribution in [-0.2, 0) is 7.05 Å². The number of carbonyl (C=O) groups excluding carboxylic acids is 2. The molecule has 3 aromatic rings. The number of rotatable bonds is 5. The highest BCUT2D eigenvalue weighted by Crippen LogP contribution is 2.35. The van der Waals surface area contributed by atoms with Gasteiger partial charge in [-0.1, -0.05) is 6.07 Å². The minimum Gasteiger partial charge on any atom is -0.395 e. The number of imide groups is 1. The third-order valence-corrected chi connectivity index (χ3v) is 4.64. The van der Waals surface area contributed by atoms with Gasteiger partial charge in [-0.05, 0) is 18.2 Å². The molecule has 0 radical (unpaired) electrons. The number of hydrogen-bond acceptors (Lipinski definition) is 5. The number of nitrogens with one attached hydrogen (secondary N) is 1. The van der Waals surface area contributed by atoms with Gasteiger partial charge in [-0.3, -0.25) is 14.5 Å². The summed E-state index contributed by atoms with van der Waals surface area (Å²) in [6.45, 7) is 1.18. The van der Waals surface area contributed by atoms with Crippen LogP contribution in [0.5, 0.6) is 0 Å². The molecule has 7 nitrogen and oxygen atoms in total. The molecule has 128 valence electrons. The Hall–Kier alpha value is -2.77. The van der Waals surface area contributed by atoms with Gasteiger partial charge in [0.05, 0.1) is 23.3 Å². The molecule has 0 atom stereocenters. The number of benzene rings is 1. The summed E-state index contributed by atoms with van der Waals surface area (Å²) in [5.74, 6) is -0.548. The van der Waals surface area contributed by atoms with Gasteiger partial charge in [-0.2, -0.15) is 0 Å². The Morgan fingerprint density at radius 1 is 1.12 bits per heavy atom. The summed E-state index contributed by atoms with van der Waals surface area (Å²) in [6.07, 6.45) is 1.72. The minimum absolute atomic E-state index is 0.0195. The molecule has 0 fully saturated rings. The normalized spacial score (nSPS) is 14.1. The van der Waals surface area contributed by atoms with Crippen LogP contribution in [0, 0.1) is 0 Å². The summed E-state index contributed by atoms with van der Waals surface area (Å²) >= 11 is 0. The van der Waals surface area contributed by atoms with E-state index in [-0.39, 0.29) is 25.0 Å². The first-order valence-electron chi connectivity index (χ1n) is 8.19. The second-order valence-electron chi connectivity index (χ2n) is 6.05. The topological polar surface area (TPSA) is 87.5 Å². The van der Waals surface area contributed by atoms with Crippen molar-refractivity contribution < 1.29 is 14.7 Å². The van der Waals surface area contributed by atoms with Gasteiger partial charge in [0.2, 0.25) is 0 Å². The van der Waals surface area contributed by atoms with E-state index >= 15 is 0 Å². The summed E-state index contributed by atoms with van der Waals surface area (Å²) in [6, 6.07) is 7.44. The molecular formula is C18H18N4O3. The SMILES string of the molecule is Cn1c2ncccc2c2ccc3c(c21)C(=O)N(CCNCCO)C3=O. The van der Waals surface area contributed by atoms with E-state index in [0.29, 0.717) is 24.2 Å². The molecule has 3 heterocycles. The minimum atomic E-state index is -0.276. The fourth-order valence-corrected chi connectivity index (χ4v) is 3.50. The van der Waals surface area contributed by atoms with Crippen molar-refractivity contribution in [3.8, 4) is 0 Å². The number of hydrogen-bond donors (Lipinski definition) is 2. The molecule has 0 aliphatic carbocycles. The highest BCUT2D eigenvalue weighted by atomic mass is 16.3. The molecule has 7 heteroatoms. The van der Waals surface area contributed by atoms with Crippen molar-refractivity contribution in [3.05, 3.63) is 41.6 Å². The third kappa shape index (κ3) is 2.24. The zero-order valence-electron chi connectivity index (χ0n) is 13.8. The highest BCUT2D eigenvalue weighted by Gasteiger charge is 2.37. The van der Waals surface area contributed by atoms with Crippen LogP contribution in [0.3, 0.4) is 0 Å². The highest BCUT2D eigenvalue weighted by molar-refractivity contribution is 6.28. The molecule has 1 aromatic carbocycles. The number of aliphatic hydroxyl groups excluding tert-OH is 1. The summed E-state index contributed by atoms with van der Waals surface area (Å²) in [4.78, 5) is 31.2. The molecule has 0 unspecified atom stereocenters. The number of aliphatic hydroxyl groups is 1. The number of fused-ring (bicyclic) bond motifs is 5. The van der Waals surface area contributed by atoms with Crippen LogP contribution in [-0.4, -0.2) is 57.6 Å². The largest absolute Gasteiger partial charge is 0.395 e. The zero-order valence-corrected chi connectivity index (χ0v) is 13.8. The Kier molecular flexibility index (Phi) is 3.74. The molecular weight excluding hydrogens is 320 g/mol. The van der Waals surface area contributed by atoms with Crippen molar-refractivity contribution >= 4 is 33.8 Å². The second kappa shape index (κ2) is 5.94. The van der Waals surface area contributed by atoms with Crippen LogP contribution >= 0.6 is 0 Å². The van der Waals surface area contributed by atoms with Crippen LogP contribution in [0.1, 0.15) is 20.7 Å². The Morgan fingerprint density at radius 2 is 1.96 bits per heavy atom. The molecule has 0 spiro atoms. The summed E-state index contributed by atoms with van der Waals surface area (Å²) in [7, 11) is 1.86. The van der Waals surface area contributed by atoms with Crippen LogP contribution in [0.2, 0.25) is 0 Å². The molecule has 4 rings (SSSR count). The summed E-state index contributed by atoms with van der Waals surface area (Å²) in [5, 5.41) is 13.7. The van der Waals surface area contributed by atoms with Gasteiger partial charge in [-0.25, -0.2) is 4.98 Å². The smallest absolute Gasteiger partial charge is 0.263 e. The number of pyridine rings is 1. The Bertz CT molecular complexity index is 1010. The van der Waals surface area contributed by atoms with Crippen LogP contribution in [0.4, 0.5) is 0 Å². The summed E-state index contributed by atoms with van der Waals surface area (Å²) < 4.78 is 1.88. The standard InChI is InChI=1S/C18H18N4O3/c1-21-15-11(12-3-2-6-20-16(12)21)4-5-13-14(15)18(25)22(17(13)24)9-7-19-8-10-23/h2-6,19,23H,7-10H2,1H3.